The first-order chi connectivity index (χ1) is 10.5. The van der Waals surface area contributed by atoms with E-state index in [0.29, 0.717) is 24.7 Å². The number of nitrogens with one attached hydrogen (secondary N) is 1. The van der Waals surface area contributed by atoms with E-state index in [4.69, 9.17) is 20.9 Å². The molecule has 0 aliphatic heterocycles. The third kappa shape index (κ3) is 4.42. The fourth-order valence-electron chi connectivity index (χ4n) is 1.69. The summed E-state index contributed by atoms with van der Waals surface area (Å²) in [5.74, 6) is 0.455. The van der Waals surface area contributed by atoms with Crippen molar-refractivity contribution in [3.63, 3.8) is 0 Å². The van der Waals surface area contributed by atoms with Gasteiger partial charge in [-0.15, -0.1) is 0 Å². The van der Waals surface area contributed by atoms with Crippen molar-refractivity contribution >= 4 is 17.5 Å². The molecule has 2 aromatic rings. The molecule has 0 saturated carbocycles. The molecule has 0 radical (unpaired) electrons. The third-order valence-electron chi connectivity index (χ3n) is 2.77. The lowest BCUT2D eigenvalue weighted by Gasteiger charge is -2.15. The first kappa shape index (κ1) is 16.2. The minimum Gasteiger partial charge on any atom is -0.479 e. The van der Waals surface area contributed by atoms with Gasteiger partial charge in [-0.2, -0.15) is 4.98 Å². The van der Waals surface area contributed by atoms with Crippen molar-refractivity contribution in [1.29, 1.82) is 0 Å². The summed E-state index contributed by atoms with van der Waals surface area (Å²) in [5.41, 5.74) is 0. The van der Waals surface area contributed by atoms with Gasteiger partial charge in [0.25, 0.3) is 5.91 Å². The van der Waals surface area contributed by atoms with E-state index < -0.39 is 11.9 Å². The number of hydrogen-bond acceptors (Lipinski definition) is 5. The van der Waals surface area contributed by atoms with Crippen molar-refractivity contribution in [3.05, 3.63) is 40.8 Å². The summed E-state index contributed by atoms with van der Waals surface area (Å²) in [6.45, 7) is 3.63. The number of halogens is 2. The molecule has 6 nitrogen and oxygen atoms in total. The normalized spacial score (nSPS) is 12.0. The molecule has 1 heterocycles. The Labute approximate surface area is 131 Å². The molecule has 1 aromatic heterocycles. The van der Waals surface area contributed by atoms with Gasteiger partial charge in [0.05, 0.1) is 5.02 Å². The lowest BCUT2D eigenvalue weighted by atomic mass is 10.3. The fraction of sp³-hybridized carbons (Fsp3) is 0.357. The van der Waals surface area contributed by atoms with Crippen molar-refractivity contribution in [2.24, 2.45) is 0 Å². The predicted molar refractivity (Wildman–Crippen MR) is 77.2 cm³/mol. The summed E-state index contributed by atoms with van der Waals surface area (Å²) >= 11 is 5.84. The first-order valence-corrected chi connectivity index (χ1v) is 7.02. The molecule has 1 amide bonds. The van der Waals surface area contributed by atoms with Gasteiger partial charge in [0.1, 0.15) is 11.6 Å². The van der Waals surface area contributed by atoms with E-state index in [1.807, 2.05) is 0 Å². The van der Waals surface area contributed by atoms with E-state index in [1.54, 1.807) is 13.8 Å². The summed E-state index contributed by atoms with van der Waals surface area (Å²) in [4.78, 5) is 15.9. The standard InChI is InChI=1S/C14H15ClFN3O3/c1-8(21-12-4-3-10(16)7-11(12)15)14(20)17-6-5-13-18-9(2)19-22-13/h3-4,7-8H,5-6H2,1-2H3,(H,17,20)/t8-/m1/s1. The number of carbonyl (C=O) groups excluding carboxylic acids is 1. The summed E-state index contributed by atoms with van der Waals surface area (Å²) in [6.07, 6.45) is -0.344. The van der Waals surface area contributed by atoms with Gasteiger partial charge >= 0.3 is 0 Å². The number of amides is 1. The van der Waals surface area contributed by atoms with Gasteiger partial charge in [-0.05, 0) is 32.0 Å². The summed E-state index contributed by atoms with van der Waals surface area (Å²) in [6, 6.07) is 3.71. The molecule has 22 heavy (non-hydrogen) atoms. The van der Waals surface area contributed by atoms with Gasteiger partial charge < -0.3 is 14.6 Å². The van der Waals surface area contributed by atoms with Crippen molar-refractivity contribution in [1.82, 2.24) is 15.5 Å². The minimum atomic E-state index is -0.771. The Kier molecular flexibility index (Phi) is 5.32. The molecule has 0 aliphatic rings. The SMILES string of the molecule is Cc1noc(CCNC(=O)[C@@H](C)Oc2ccc(F)cc2Cl)n1. The molecular weight excluding hydrogens is 313 g/mol. The molecule has 1 atom stereocenters. The van der Waals surface area contributed by atoms with E-state index >= 15 is 0 Å². The van der Waals surface area contributed by atoms with Crippen LogP contribution in [0.2, 0.25) is 5.02 Å². The lowest BCUT2D eigenvalue weighted by Crippen LogP contribution is -2.37. The first-order valence-electron chi connectivity index (χ1n) is 6.64. The second-order valence-corrected chi connectivity index (χ2v) is 5.02. The molecule has 1 N–H and O–H groups in total. The van der Waals surface area contributed by atoms with E-state index in [9.17, 15) is 9.18 Å². The van der Waals surface area contributed by atoms with Crippen LogP contribution in [0.5, 0.6) is 5.75 Å². The number of ether oxygens (including phenoxy) is 1. The van der Waals surface area contributed by atoms with Crippen molar-refractivity contribution in [2.45, 2.75) is 26.4 Å². The molecule has 118 valence electrons. The number of benzene rings is 1. The highest BCUT2D eigenvalue weighted by Crippen LogP contribution is 2.25. The van der Waals surface area contributed by atoms with Crippen LogP contribution in [0.15, 0.2) is 22.7 Å². The highest BCUT2D eigenvalue weighted by Gasteiger charge is 2.16. The molecule has 2 rings (SSSR count). The Morgan fingerprint density at radius 1 is 1.55 bits per heavy atom. The van der Waals surface area contributed by atoms with Gasteiger partial charge in [-0.25, -0.2) is 4.39 Å². The number of aromatic nitrogens is 2. The molecular formula is C14H15ClFN3O3. The highest BCUT2D eigenvalue weighted by molar-refractivity contribution is 6.32. The van der Waals surface area contributed by atoms with Crippen molar-refractivity contribution in [2.75, 3.05) is 6.54 Å². The maximum absolute atomic E-state index is 12.9. The van der Waals surface area contributed by atoms with Crippen LogP contribution in [-0.4, -0.2) is 28.7 Å². The van der Waals surface area contributed by atoms with Gasteiger partial charge in [0, 0.05) is 13.0 Å². The molecule has 0 bridgehead atoms. The Morgan fingerprint density at radius 2 is 2.32 bits per heavy atom. The maximum Gasteiger partial charge on any atom is 0.260 e. The number of rotatable bonds is 6. The fourth-order valence-corrected chi connectivity index (χ4v) is 1.90. The maximum atomic E-state index is 12.9. The number of carbonyl (C=O) groups is 1. The van der Waals surface area contributed by atoms with Crippen LogP contribution in [0.25, 0.3) is 0 Å². The molecule has 0 unspecified atom stereocenters. The average Bonchev–Trinajstić information content (AvgIpc) is 2.87. The predicted octanol–water partition coefficient (Wildman–Crippen LogP) is 2.30. The Morgan fingerprint density at radius 3 is 2.95 bits per heavy atom. The van der Waals surface area contributed by atoms with Crippen LogP contribution in [0.1, 0.15) is 18.6 Å². The van der Waals surface area contributed by atoms with Crippen molar-refractivity contribution in [3.8, 4) is 5.75 Å². The second-order valence-electron chi connectivity index (χ2n) is 4.61. The molecule has 0 spiro atoms. The quantitative estimate of drug-likeness (QED) is 0.881. The minimum absolute atomic E-state index is 0.112. The van der Waals surface area contributed by atoms with Crippen LogP contribution in [0, 0.1) is 12.7 Å². The summed E-state index contributed by atoms with van der Waals surface area (Å²) < 4.78 is 23.3. The zero-order valence-electron chi connectivity index (χ0n) is 12.1. The topological polar surface area (TPSA) is 77.2 Å². The zero-order valence-corrected chi connectivity index (χ0v) is 12.9. The van der Waals surface area contributed by atoms with E-state index in [-0.39, 0.29) is 16.7 Å². The van der Waals surface area contributed by atoms with E-state index in [2.05, 4.69) is 15.5 Å². The third-order valence-corrected chi connectivity index (χ3v) is 3.07. The molecule has 0 fully saturated rings. The largest absolute Gasteiger partial charge is 0.479 e. The molecule has 1 aromatic carbocycles. The number of hydrogen-bond donors (Lipinski definition) is 1. The Bertz CT molecular complexity index is 663. The van der Waals surface area contributed by atoms with Gasteiger partial charge in [-0.3, -0.25) is 4.79 Å². The van der Waals surface area contributed by atoms with E-state index in [1.165, 1.54) is 12.1 Å². The number of nitrogens with zero attached hydrogens (tertiary/aromatic N) is 2. The van der Waals surface area contributed by atoms with Crippen LogP contribution >= 0.6 is 11.6 Å². The molecule has 8 heteroatoms. The van der Waals surface area contributed by atoms with Crippen LogP contribution in [0.4, 0.5) is 4.39 Å². The number of aryl methyl sites for hydroxylation is 1. The van der Waals surface area contributed by atoms with Gasteiger partial charge in [-0.1, -0.05) is 16.8 Å². The van der Waals surface area contributed by atoms with Crippen LogP contribution in [-0.2, 0) is 11.2 Å². The van der Waals surface area contributed by atoms with Crippen LogP contribution in [0.3, 0.4) is 0 Å². The average molecular weight is 328 g/mol. The zero-order chi connectivity index (χ0) is 16.1. The van der Waals surface area contributed by atoms with Gasteiger partial charge in [0.2, 0.25) is 5.89 Å². The van der Waals surface area contributed by atoms with Gasteiger partial charge in [0.15, 0.2) is 11.9 Å². The van der Waals surface area contributed by atoms with E-state index in [0.717, 1.165) is 6.07 Å². The summed E-state index contributed by atoms with van der Waals surface area (Å²) in [5, 5.41) is 6.45. The highest BCUT2D eigenvalue weighted by atomic mass is 35.5. The molecule has 0 saturated heterocycles. The molecule has 0 aliphatic carbocycles. The smallest absolute Gasteiger partial charge is 0.260 e. The monoisotopic (exact) mass is 327 g/mol. The lowest BCUT2D eigenvalue weighted by molar-refractivity contribution is -0.127. The Hall–Kier alpha value is -2.15. The summed E-state index contributed by atoms with van der Waals surface area (Å²) in [7, 11) is 0. The second kappa shape index (κ2) is 7.22. The van der Waals surface area contributed by atoms with Crippen LogP contribution < -0.4 is 10.1 Å². The van der Waals surface area contributed by atoms with Crippen molar-refractivity contribution < 1.29 is 18.4 Å². The Balaban J connectivity index is 1.81.